The van der Waals surface area contributed by atoms with Crippen molar-refractivity contribution in [2.24, 2.45) is 5.92 Å². The van der Waals surface area contributed by atoms with Crippen LogP contribution < -0.4 is 4.72 Å². The van der Waals surface area contributed by atoms with Gasteiger partial charge in [-0.25, -0.2) is 13.1 Å². The van der Waals surface area contributed by atoms with E-state index in [0.29, 0.717) is 5.92 Å². The fourth-order valence-electron chi connectivity index (χ4n) is 2.85. The zero-order valence-electron chi connectivity index (χ0n) is 13.5. The molecule has 0 aliphatic carbocycles. The van der Waals surface area contributed by atoms with Crippen LogP contribution in [0.2, 0.25) is 0 Å². The molecule has 1 aromatic carbocycles. The number of sulfonamides is 1. The maximum atomic E-state index is 12.2. The van der Waals surface area contributed by atoms with E-state index in [0.717, 1.165) is 19.6 Å². The van der Waals surface area contributed by atoms with Crippen molar-refractivity contribution in [3.05, 3.63) is 35.9 Å². The van der Waals surface area contributed by atoms with E-state index in [1.807, 2.05) is 18.2 Å². The summed E-state index contributed by atoms with van der Waals surface area (Å²) in [4.78, 5) is 2.30. The molecule has 0 amide bonds. The van der Waals surface area contributed by atoms with Gasteiger partial charge in [0.25, 0.3) is 0 Å². The molecule has 22 heavy (non-hydrogen) atoms. The first kappa shape index (κ1) is 17.4. The molecule has 1 aliphatic rings. The van der Waals surface area contributed by atoms with Crippen LogP contribution in [-0.4, -0.2) is 51.4 Å². The Morgan fingerprint density at radius 2 is 2.00 bits per heavy atom. The predicted octanol–water partition coefficient (Wildman–Crippen LogP) is 1.46. The van der Waals surface area contributed by atoms with Crippen molar-refractivity contribution in [2.75, 3.05) is 26.0 Å². The van der Waals surface area contributed by atoms with Crippen LogP contribution in [0.15, 0.2) is 30.3 Å². The zero-order chi connectivity index (χ0) is 16.2. The Morgan fingerprint density at radius 1 is 1.32 bits per heavy atom. The highest BCUT2D eigenvalue weighted by atomic mass is 32.2. The van der Waals surface area contributed by atoms with Gasteiger partial charge in [0.2, 0.25) is 10.0 Å². The molecule has 1 fully saturated rings. The molecule has 0 spiro atoms. The average molecular weight is 326 g/mol. The highest BCUT2D eigenvalue weighted by Gasteiger charge is 2.32. The first-order valence-electron chi connectivity index (χ1n) is 7.68. The molecule has 1 heterocycles. The van der Waals surface area contributed by atoms with Crippen LogP contribution in [0, 0.1) is 5.92 Å². The largest absolute Gasteiger partial charge is 0.381 e. The number of ether oxygens (including phenoxy) is 1. The Balaban J connectivity index is 1.91. The Morgan fingerprint density at radius 3 is 2.64 bits per heavy atom. The van der Waals surface area contributed by atoms with Crippen molar-refractivity contribution < 1.29 is 13.2 Å². The molecule has 124 valence electrons. The molecule has 0 bridgehead atoms. The number of benzene rings is 1. The Bertz CT molecular complexity index is 562. The van der Waals surface area contributed by atoms with Crippen molar-refractivity contribution in [1.29, 1.82) is 0 Å². The molecule has 0 radical (unpaired) electrons. The third kappa shape index (κ3) is 5.05. The van der Waals surface area contributed by atoms with Gasteiger partial charge in [-0.1, -0.05) is 37.3 Å². The van der Waals surface area contributed by atoms with Gasteiger partial charge in [0.15, 0.2) is 0 Å². The fourth-order valence-corrected chi connectivity index (χ4v) is 4.47. The van der Waals surface area contributed by atoms with Crippen LogP contribution in [0.3, 0.4) is 0 Å². The quantitative estimate of drug-likeness (QED) is 0.824. The van der Waals surface area contributed by atoms with E-state index in [2.05, 4.69) is 28.7 Å². The lowest BCUT2D eigenvalue weighted by atomic mass is 10.1. The smallest absolute Gasteiger partial charge is 0.214 e. The third-order valence-corrected chi connectivity index (χ3v) is 5.69. The van der Waals surface area contributed by atoms with Gasteiger partial charge >= 0.3 is 0 Å². The van der Waals surface area contributed by atoms with Crippen LogP contribution in [0.1, 0.15) is 19.4 Å². The van der Waals surface area contributed by atoms with Gasteiger partial charge in [-0.15, -0.1) is 0 Å². The van der Waals surface area contributed by atoms with E-state index in [-0.39, 0.29) is 17.9 Å². The van der Waals surface area contributed by atoms with E-state index in [1.165, 1.54) is 12.7 Å². The van der Waals surface area contributed by atoms with Gasteiger partial charge in [0, 0.05) is 32.8 Å². The Kier molecular flexibility index (Phi) is 5.97. The summed E-state index contributed by atoms with van der Waals surface area (Å²) in [6, 6.07) is 10.2. The normalized spacial score (nSPS) is 24.5. The van der Waals surface area contributed by atoms with E-state index in [1.54, 1.807) is 6.92 Å². The maximum absolute atomic E-state index is 12.2. The van der Waals surface area contributed by atoms with Gasteiger partial charge in [-0.3, -0.25) is 4.90 Å². The van der Waals surface area contributed by atoms with E-state index in [9.17, 15) is 8.42 Å². The summed E-state index contributed by atoms with van der Waals surface area (Å²) < 4.78 is 32.2. The van der Waals surface area contributed by atoms with E-state index < -0.39 is 10.0 Å². The predicted molar refractivity (Wildman–Crippen MR) is 88.1 cm³/mol. The van der Waals surface area contributed by atoms with Crippen molar-refractivity contribution in [2.45, 2.75) is 32.5 Å². The monoisotopic (exact) mass is 326 g/mol. The molecule has 2 rings (SSSR count). The lowest BCUT2D eigenvalue weighted by Crippen LogP contribution is -2.42. The van der Waals surface area contributed by atoms with E-state index >= 15 is 0 Å². The lowest BCUT2D eigenvalue weighted by Gasteiger charge is -2.19. The standard InChI is InChI=1S/C16H26N2O3S/c1-13-9-18(10-15-7-5-4-6-8-15)11-16(13)17-22(19,20)12-14(2)21-3/h4-8,13-14,16-17H,9-12H2,1-3H3/t13-,14+,16-/m0/s1. The van der Waals surface area contributed by atoms with Gasteiger partial charge in [0.05, 0.1) is 11.9 Å². The van der Waals surface area contributed by atoms with Crippen LogP contribution in [-0.2, 0) is 21.3 Å². The minimum Gasteiger partial charge on any atom is -0.381 e. The molecule has 1 N–H and O–H groups in total. The molecule has 1 aliphatic heterocycles. The summed E-state index contributed by atoms with van der Waals surface area (Å²) in [6.45, 7) is 6.37. The molecule has 3 atom stereocenters. The van der Waals surface area contributed by atoms with Gasteiger partial charge < -0.3 is 4.74 Å². The first-order valence-corrected chi connectivity index (χ1v) is 9.34. The third-order valence-electron chi connectivity index (χ3n) is 4.12. The first-order chi connectivity index (χ1) is 10.4. The number of hydrogen-bond donors (Lipinski definition) is 1. The number of likely N-dealkylation sites (tertiary alicyclic amines) is 1. The molecule has 0 saturated carbocycles. The minimum absolute atomic E-state index is 0.00536. The molecular formula is C16H26N2O3S. The Labute approximate surface area is 133 Å². The molecule has 1 aromatic rings. The Hall–Kier alpha value is -0.950. The molecule has 6 heteroatoms. The summed E-state index contributed by atoms with van der Waals surface area (Å²) in [5.41, 5.74) is 1.26. The second kappa shape index (κ2) is 7.55. The van der Waals surface area contributed by atoms with Crippen LogP contribution in [0.4, 0.5) is 0 Å². The molecular weight excluding hydrogens is 300 g/mol. The average Bonchev–Trinajstić information content (AvgIpc) is 2.78. The second-order valence-electron chi connectivity index (χ2n) is 6.21. The van der Waals surface area contributed by atoms with Crippen molar-refractivity contribution in [3.63, 3.8) is 0 Å². The minimum atomic E-state index is -3.31. The van der Waals surface area contributed by atoms with Crippen LogP contribution in [0.25, 0.3) is 0 Å². The molecule has 0 aromatic heterocycles. The summed E-state index contributed by atoms with van der Waals surface area (Å²) in [5.74, 6) is 0.308. The number of rotatable bonds is 7. The second-order valence-corrected chi connectivity index (χ2v) is 8.01. The summed E-state index contributed by atoms with van der Waals surface area (Å²) in [6.07, 6.45) is -0.297. The maximum Gasteiger partial charge on any atom is 0.214 e. The SMILES string of the molecule is CO[C@H](C)CS(=O)(=O)N[C@H]1CN(Cc2ccccc2)C[C@@H]1C. The highest BCUT2D eigenvalue weighted by molar-refractivity contribution is 7.89. The van der Waals surface area contributed by atoms with Gasteiger partial charge in [-0.05, 0) is 18.4 Å². The fraction of sp³-hybridized carbons (Fsp3) is 0.625. The molecule has 5 nitrogen and oxygen atoms in total. The molecule has 0 unspecified atom stereocenters. The number of methoxy groups -OCH3 is 1. The number of hydrogen-bond acceptors (Lipinski definition) is 4. The highest BCUT2D eigenvalue weighted by Crippen LogP contribution is 2.19. The lowest BCUT2D eigenvalue weighted by molar-refractivity contribution is 0.136. The van der Waals surface area contributed by atoms with E-state index in [4.69, 9.17) is 4.74 Å². The summed E-state index contributed by atoms with van der Waals surface area (Å²) in [5, 5.41) is 0. The molecule has 1 saturated heterocycles. The number of nitrogens with zero attached hydrogens (tertiary/aromatic N) is 1. The van der Waals surface area contributed by atoms with Crippen molar-refractivity contribution in [3.8, 4) is 0 Å². The number of nitrogens with one attached hydrogen (secondary N) is 1. The topological polar surface area (TPSA) is 58.6 Å². The summed E-state index contributed by atoms with van der Waals surface area (Å²) in [7, 11) is -1.78. The zero-order valence-corrected chi connectivity index (χ0v) is 14.3. The van der Waals surface area contributed by atoms with Crippen molar-refractivity contribution >= 4 is 10.0 Å². The van der Waals surface area contributed by atoms with Gasteiger partial charge in [-0.2, -0.15) is 0 Å². The van der Waals surface area contributed by atoms with Crippen LogP contribution >= 0.6 is 0 Å². The summed E-state index contributed by atoms with van der Waals surface area (Å²) >= 11 is 0. The van der Waals surface area contributed by atoms with Crippen molar-refractivity contribution in [1.82, 2.24) is 9.62 Å². The van der Waals surface area contributed by atoms with Gasteiger partial charge in [0.1, 0.15) is 0 Å². The van der Waals surface area contributed by atoms with Crippen LogP contribution in [0.5, 0.6) is 0 Å².